The Morgan fingerprint density at radius 2 is 1.76 bits per heavy atom. The maximum atomic E-state index is 14.1. The van der Waals surface area contributed by atoms with Crippen LogP contribution >= 0.6 is 0 Å². The van der Waals surface area contributed by atoms with Gasteiger partial charge in [0.1, 0.15) is 23.4 Å². The minimum Gasteiger partial charge on any atom is -0.461 e. The minimum absolute atomic E-state index is 0.144. The Morgan fingerprint density at radius 3 is 2.34 bits per heavy atom. The molecule has 29 heavy (non-hydrogen) atoms. The van der Waals surface area contributed by atoms with Crippen LogP contribution in [0, 0.1) is 23.0 Å². The van der Waals surface area contributed by atoms with Gasteiger partial charge in [0.25, 0.3) is 0 Å². The normalized spacial score (nSPS) is 10.6. The summed E-state index contributed by atoms with van der Waals surface area (Å²) in [4.78, 5) is 12.6. The molecule has 0 amide bonds. The number of rotatable bonds is 5. The molecule has 1 aromatic heterocycles. The molecule has 0 fully saturated rings. The monoisotopic (exact) mass is 394 g/mol. The Hall–Kier alpha value is -3.46. The first-order valence-electron chi connectivity index (χ1n) is 9.27. The van der Waals surface area contributed by atoms with E-state index in [9.17, 15) is 18.8 Å². The van der Waals surface area contributed by atoms with E-state index in [1.807, 2.05) is 6.92 Å². The second-order valence-corrected chi connectivity index (χ2v) is 6.49. The van der Waals surface area contributed by atoms with E-state index in [-0.39, 0.29) is 12.2 Å². The van der Waals surface area contributed by atoms with Crippen molar-refractivity contribution in [2.24, 2.45) is 7.05 Å². The third kappa shape index (κ3) is 3.64. The quantitative estimate of drug-likeness (QED) is 0.556. The van der Waals surface area contributed by atoms with Gasteiger partial charge in [-0.05, 0) is 42.7 Å². The largest absolute Gasteiger partial charge is 0.461 e. The molecule has 0 spiro atoms. The molecular weight excluding hydrogens is 374 g/mol. The zero-order valence-corrected chi connectivity index (χ0v) is 16.4. The highest BCUT2D eigenvalue weighted by atomic mass is 19.1. The number of nitriles is 1. The van der Waals surface area contributed by atoms with Crippen LogP contribution in [0.1, 0.15) is 35.6 Å². The van der Waals surface area contributed by atoms with Crippen LogP contribution < -0.4 is 0 Å². The zero-order chi connectivity index (χ0) is 21.1. The highest BCUT2D eigenvalue weighted by Gasteiger charge is 2.26. The lowest BCUT2D eigenvalue weighted by Gasteiger charge is -2.09. The summed E-state index contributed by atoms with van der Waals surface area (Å²) in [6, 6.07) is 12.1. The van der Waals surface area contributed by atoms with E-state index in [2.05, 4.69) is 6.07 Å². The van der Waals surface area contributed by atoms with Gasteiger partial charge >= 0.3 is 5.97 Å². The lowest BCUT2D eigenvalue weighted by atomic mass is 9.97. The Morgan fingerprint density at radius 1 is 1.10 bits per heavy atom. The first-order valence-corrected chi connectivity index (χ1v) is 9.27. The van der Waals surface area contributed by atoms with Crippen molar-refractivity contribution in [2.45, 2.75) is 20.3 Å². The van der Waals surface area contributed by atoms with Gasteiger partial charge in [0.05, 0.1) is 12.2 Å². The van der Waals surface area contributed by atoms with Crippen LogP contribution in [0.5, 0.6) is 0 Å². The number of benzene rings is 2. The summed E-state index contributed by atoms with van der Waals surface area (Å²) in [5.41, 5.74) is 3.18. The standard InChI is InChI=1S/C23H20F2N2O2/c1-4-20-18(13-26)21(22(27(20)3)23(28)29-5-2)15-8-6-14(7-9-15)17-12-16(24)10-11-19(17)25/h6-12H,4-5H2,1-3H3. The van der Waals surface area contributed by atoms with E-state index in [0.717, 1.165) is 23.9 Å². The van der Waals surface area contributed by atoms with Crippen LogP contribution in [0.2, 0.25) is 0 Å². The van der Waals surface area contributed by atoms with Crippen molar-refractivity contribution in [3.05, 3.63) is 71.1 Å². The Labute approximate surface area is 168 Å². The molecule has 3 rings (SSSR count). The first kappa shape index (κ1) is 20.3. The van der Waals surface area contributed by atoms with Gasteiger partial charge in [-0.25, -0.2) is 13.6 Å². The van der Waals surface area contributed by atoms with E-state index >= 15 is 0 Å². The number of carbonyl (C=O) groups excluding carboxylic acids is 1. The van der Waals surface area contributed by atoms with Crippen molar-refractivity contribution >= 4 is 5.97 Å². The molecule has 0 bridgehead atoms. The SMILES string of the molecule is CCOC(=O)c1c(-c2ccc(-c3cc(F)ccc3F)cc2)c(C#N)c(CC)n1C. The number of hydrogen-bond donors (Lipinski definition) is 0. The fourth-order valence-corrected chi connectivity index (χ4v) is 3.52. The number of esters is 1. The summed E-state index contributed by atoms with van der Waals surface area (Å²) in [5, 5.41) is 9.73. The van der Waals surface area contributed by atoms with Gasteiger partial charge in [0, 0.05) is 23.9 Å². The van der Waals surface area contributed by atoms with Gasteiger partial charge in [-0.15, -0.1) is 0 Å². The van der Waals surface area contributed by atoms with Crippen LogP contribution in [-0.2, 0) is 18.2 Å². The van der Waals surface area contributed by atoms with Gasteiger partial charge in [-0.2, -0.15) is 5.26 Å². The highest BCUT2D eigenvalue weighted by molar-refractivity contribution is 5.98. The summed E-state index contributed by atoms with van der Waals surface area (Å²) in [5.74, 6) is -1.57. The van der Waals surface area contributed by atoms with E-state index in [1.165, 1.54) is 0 Å². The molecule has 4 nitrogen and oxygen atoms in total. The third-order valence-corrected chi connectivity index (χ3v) is 4.84. The number of aromatic nitrogens is 1. The fraction of sp³-hybridized carbons (Fsp3) is 0.217. The topological polar surface area (TPSA) is 55.0 Å². The second-order valence-electron chi connectivity index (χ2n) is 6.49. The molecule has 0 radical (unpaired) electrons. The van der Waals surface area contributed by atoms with E-state index in [1.54, 1.807) is 42.8 Å². The van der Waals surface area contributed by atoms with Crippen molar-refractivity contribution in [1.29, 1.82) is 5.26 Å². The van der Waals surface area contributed by atoms with Gasteiger partial charge in [-0.1, -0.05) is 31.2 Å². The number of nitrogens with zero attached hydrogens (tertiary/aromatic N) is 2. The molecular formula is C23H20F2N2O2. The van der Waals surface area contributed by atoms with Gasteiger partial charge in [-0.3, -0.25) is 0 Å². The molecule has 0 aliphatic heterocycles. The molecule has 0 saturated carbocycles. The molecule has 0 aliphatic rings. The maximum absolute atomic E-state index is 14.1. The predicted octanol–water partition coefficient (Wildman–Crippen LogP) is 5.25. The van der Waals surface area contributed by atoms with E-state index in [4.69, 9.17) is 4.74 Å². The van der Waals surface area contributed by atoms with Crippen molar-refractivity contribution in [2.75, 3.05) is 6.61 Å². The molecule has 0 N–H and O–H groups in total. The molecule has 2 aromatic carbocycles. The highest BCUT2D eigenvalue weighted by Crippen LogP contribution is 2.34. The molecule has 3 aromatic rings. The fourth-order valence-electron chi connectivity index (χ4n) is 3.52. The van der Waals surface area contributed by atoms with Crippen LogP contribution in [0.3, 0.4) is 0 Å². The summed E-state index contributed by atoms with van der Waals surface area (Å²) >= 11 is 0. The van der Waals surface area contributed by atoms with Crippen molar-refractivity contribution < 1.29 is 18.3 Å². The molecule has 0 atom stereocenters. The molecule has 0 aliphatic carbocycles. The van der Waals surface area contributed by atoms with Crippen LogP contribution in [-0.4, -0.2) is 17.1 Å². The molecule has 6 heteroatoms. The number of carbonyl (C=O) groups is 1. The lowest BCUT2D eigenvalue weighted by Crippen LogP contribution is -2.12. The third-order valence-electron chi connectivity index (χ3n) is 4.84. The Balaban J connectivity index is 2.17. The molecule has 1 heterocycles. The summed E-state index contributed by atoms with van der Waals surface area (Å²) in [6.07, 6.45) is 0.568. The van der Waals surface area contributed by atoms with Crippen LogP contribution in [0.25, 0.3) is 22.3 Å². The predicted molar refractivity (Wildman–Crippen MR) is 106 cm³/mol. The van der Waals surface area contributed by atoms with Gasteiger partial charge < -0.3 is 9.30 Å². The van der Waals surface area contributed by atoms with Crippen molar-refractivity contribution in [3.8, 4) is 28.3 Å². The second kappa shape index (κ2) is 8.27. The molecule has 0 saturated heterocycles. The lowest BCUT2D eigenvalue weighted by molar-refractivity contribution is 0.0516. The van der Waals surface area contributed by atoms with Gasteiger partial charge in [0.15, 0.2) is 0 Å². The van der Waals surface area contributed by atoms with Crippen molar-refractivity contribution in [3.63, 3.8) is 0 Å². The number of halogens is 2. The maximum Gasteiger partial charge on any atom is 0.355 e. The first-order chi connectivity index (χ1) is 13.9. The summed E-state index contributed by atoms with van der Waals surface area (Å²) in [6.45, 7) is 3.84. The number of hydrogen-bond acceptors (Lipinski definition) is 3. The van der Waals surface area contributed by atoms with Crippen LogP contribution in [0.15, 0.2) is 42.5 Å². The number of ether oxygens (including phenoxy) is 1. The van der Waals surface area contributed by atoms with E-state index < -0.39 is 17.6 Å². The van der Waals surface area contributed by atoms with Crippen LogP contribution in [0.4, 0.5) is 8.78 Å². The Bertz CT molecular complexity index is 1110. The zero-order valence-electron chi connectivity index (χ0n) is 16.4. The minimum atomic E-state index is -0.531. The Kier molecular flexibility index (Phi) is 5.79. The average molecular weight is 394 g/mol. The van der Waals surface area contributed by atoms with E-state index in [0.29, 0.717) is 34.4 Å². The smallest absolute Gasteiger partial charge is 0.355 e. The molecule has 148 valence electrons. The summed E-state index contributed by atoms with van der Waals surface area (Å²) < 4.78 is 34.5. The average Bonchev–Trinajstić information content (AvgIpc) is 3.01. The molecule has 0 unspecified atom stereocenters. The van der Waals surface area contributed by atoms with Crippen molar-refractivity contribution in [1.82, 2.24) is 4.57 Å². The van der Waals surface area contributed by atoms with Gasteiger partial charge in [0.2, 0.25) is 0 Å². The summed E-state index contributed by atoms with van der Waals surface area (Å²) in [7, 11) is 1.73.